The quantitative estimate of drug-likeness (QED) is 0.806. The Hall–Kier alpha value is -1.89. The first kappa shape index (κ1) is 20.4. The molecule has 0 aliphatic rings. The van der Waals surface area contributed by atoms with Gasteiger partial charge in [0.25, 0.3) is 5.91 Å². The number of aryl methyl sites for hydroxylation is 2. The zero-order valence-electron chi connectivity index (χ0n) is 15.3. The second-order valence-electron chi connectivity index (χ2n) is 6.04. The van der Waals surface area contributed by atoms with Gasteiger partial charge in [-0.15, -0.1) is 0 Å². The van der Waals surface area contributed by atoms with Gasteiger partial charge >= 0.3 is 0 Å². The number of para-hydroxylation sites is 1. The van der Waals surface area contributed by atoms with E-state index in [1.54, 1.807) is 0 Å². The molecule has 0 aliphatic carbocycles. The number of hydrogen-bond acceptors (Lipinski definition) is 3. The molecule has 140 valence electrons. The first-order valence-electron chi connectivity index (χ1n) is 8.36. The van der Waals surface area contributed by atoms with Crippen molar-refractivity contribution in [3.8, 4) is 0 Å². The van der Waals surface area contributed by atoms with Gasteiger partial charge in [-0.05, 0) is 42.2 Å². The van der Waals surface area contributed by atoms with Crippen LogP contribution in [0.15, 0.2) is 41.3 Å². The second kappa shape index (κ2) is 8.20. The maximum atomic E-state index is 12.8. The molecule has 2 aromatic carbocycles. The van der Waals surface area contributed by atoms with Crippen LogP contribution in [0, 0.1) is 0 Å². The lowest BCUT2D eigenvalue weighted by molar-refractivity contribution is 0.102. The summed E-state index contributed by atoms with van der Waals surface area (Å²) in [7, 11) is -0.775. The van der Waals surface area contributed by atoms with Crippen LogP contribution < -0.4 is 5.32 Å². The third-order valence-corrected chi connectivity index (χ3v) is 6.34. The Balaban J connectivity index is 2.46. The lowest BCUT2D eigenvalue weighted by Crippen LogP contribution is -2.23. The van der Waals surface area contributed by atoms with Crippen LogP contribution in [0.5, 0.6) is 0 Å². The summed E-state index contributed by atoms with van der Waals surface area (Å²) in [5.74, 6) is -0.429. The van der Waals surface area contributed by atoms with Crippen LogP contribution in [0.2, 0.25) is 5.02 Å². The molecule has 7 heteroatoms. The molecule has 0 unspecified atom stereocenters. The Bertz CT molecular complexity index is 902. The van der Waals surface area contributed by atoms with Crippen LogP contribution >= 0.6 is 11.6 Å². The molecule has 0 bridgehead atoms. The number of sulfonamides is 1. The van der Waals surface area contributed by atoms with Gasteiger partial charge in [-0.1, -0.05) is 43.6 Å². The molecule has 0 heterocycles. The molecule has 0 spiro atoms. The van der Waals surface area contributed by atoms with Gasteiger partial charge in [0.05, 0.1) is 15.5 Å². The van der Waals surface area contributed by atoms with Gasteiger partial charge in [0.1, 0.15) is 0 Å². The zero-order chi connectivity index (χ0) is 19.5. The molecule has 1 amide bonds. The van der Waals surface area contributed by atoms with Crippen LogP contribution in [0.25, 0.3) is 0 Å². The van der Waals surface area contributed by atoms with Crippen molar-refractivity contribution in [1.82, 2.24) is 4.31 Å². The smallest absolute Gasteiger partial charge is 0.257 e. The van der Waals surface area contributed by atoms with E-state index in [0.717, 1.165) is 34.0 Å². The van der Waals surface area contributed by atoms with Crippen molar-refractivity contribution in [1.29, 1.82) is 0 Å². The Morgan fingerprint density at radius 3 is 2.15 bits per heavy atom. The standard InChI is InChI=1S/C19H23ClN2O3S/c1-5-13-8-7-9-14(6-2)18(13)21-19(23)16-12-15(10-11-17(16)20)26(24,25)22(3)4/h7-12H,5-6H2,1-4H3,(H,21,23). The predicted octanol–water partition coefficient (Wildman–Crippen LogP) is 3.97. The predicted molar refractivity (Wildman–Crippen MR) is 105 cm³/mol. The second-order valence-corrected chi connectivity index (χ2v) is 8.60. The van der Waals surface area contributed by atoms with Gasteiger partial charge in [0.2, 0.25) is 10.0 Å². The summed E-state index contributed by atoms with van der Waals surface area (Å²) in [6, 6.07) is 10.0. The fraction of sp³-hybridized carbons (Fsp3) is 0.316. The van der Waals surface area contributed by atoms with E-state index in [1.807, 2.05) is 32.0 Å². The molecule has 1 N–H and O–H groups in total. The van der Waals surface area contributed by atoms with Crippen molar-refractivity contribution < 1.29 is 13.2 Å². The highest BCUT2D eigenvalue weighted by molar-refractivity contribution is 7.89. The molecular formula is C19H23ClN2O3S. The summed E-state index contributed by atoms with van der Waals surface area (Å²) in [6.07, 6.45) is 1.54. The van der Waals surface area contributed by atoms with Crippen LogP contribution in [-0.2, 0) is 22.9 Å². The highest BCUT2D eigenvalue weighted by Gasteiger charge is 2.21. The van der Waals surface area contributed by atoms with E-state index in [0.29, 0.717) is 0 Å². The molecule has 0 aliphatic heterocycles. The van der Waals surface area contributed by atoms with E-state index < -0.39 is 15.9 Å². The Kier molecular flexibility index (Phi) is 6.44. The molecule has 0 saturated carbocycles. The van der Waals surface area contributed by atoms with E-state index in [-0.39, 0.29) is 15.5 Å². The van der Waals surface area contributed by atoms with Gasteiger partial charge in [-0.2, -0.15) is 0 Å². The van der Waals surface area contributed by atoms with Crippen LogP contribution in [-0.4, -0.2) is 32.7 Å². The molecule has 5 nitrogen and oxygen atoms in total. The highest BCUT2D eigenvalue weighted by atomic mass is 35.5. The molecule has 2 aromatic rings. The maximum Gasteiger partial charge on any atom is 0.257 e. The summed E-state index contributed by atoms with van der Waals surface area (Å²) in [5.41, 5.74) is 2.93. The topological polar surface area (TPSA) is 66.5 Å². The third-order valence-electron chi connectivity index (χ3n) is 4.20. The van der Waals surface area contributed by atoms with Crippen LogP contribution in [0.4, 0.5) is 5.69 Å². The molecule has 2 rings (SSSR count). The average molecular weight is 395 g/mol. The average Bonchev–Trinajstić information content (AvgIpc) is 2.61. The van der Waals surface area contributed by atoms with E-state index in [9.17, 15) is 13.2 Å². The van der Waals surface area contributed by atoms with Gasteiger partial charge in [0.15, 0.2) is 0 Å². The Morgan fingerprint density at radius 2 is 1.65 bits per heavy atom. The number of hydrogen-bond donors (Lipinski definition) is 1. The number of carbonyl (C=O) groups is 1. The number of amides is 1. The van der Waals surface area contributed by atoms with Gasteiger partial charge in [-0.3, -0.25) is 4.79 Å². The number of nitrogens with zero attached hydrogens (tertiary/aromatic N) is 1. The fourth-order valence-electron chi connectivity index (χ4n) is 2.63. The summed E-state index contributed by atoms with van der Waals surface area (Å²) in [6.45, 7) is 4.03. The highest BCUT2D eigenvalue weighted by Crippen LogP contribution is 2.26. The van der Waals surface area contributed by atoms with Gasteiger partial charge in [-0.25, -0.2) is 12.7 Å². The lowest BCUT2D eigenvalue weighted by atomic mass is 10.0. The van der Waals surface area contributed by atoms with E-state index in [2.05, 4.69) is 5.32 Å². The third kappa shape index (κ3) is 4.09. The molecule has 0 aromatic heterocycles. The normalized spacial score (nSPS) is 11.6. The fourth-order valence-corrected chi connectivity index (χ4v) is 3.77. The first-order valence-corrected chi connectivity index (χ1v) is 10.2. The zero-order valence-corrected chi connectivity index (χ0v) is 16.9. The van der Waals surface area contributed by atoms with Crippen molar-refractivity contribution in [2.75, 3.05) is 19.4 Å². The molecule has 26 heavy (non-hydrogen) atoms. The van der Waals surface area contributed by atoms with Crippen molar-refractivity contribution in [3.05, 3.63) is 58.1 Å². The van der Waals surface area contributed by atoms with Gasteiger partial charge in [0, 0.05) is 19.8 Å². The molecule has 0 radical (unpaired) electrons. The number of carbonyl (C=O) groups excluding carboxylic acids is 1. The summed E-state index contributed by atoms with van der Waals surface area (Å²) < 4.78 is 25.8. The number of anilines is 1. The summed E-state index contributed by atoms with van der Waals surface area (Å²) in [5, 5.41) is 3.12. The summed E-state index contributed by atoms with van der Waals surface area (Å²) in [4.78, 5) is 12.8. The van der Waals surface area contributed by atoms with E-state index in [1.165, 1.54) is 32.3 Å². The number of nitrogens with one attached hydrogen (secondary N) is 1. The number of rotatable bonds is 6. The monoisotopic (exact) mass is 394 g/mol. The van der Waals surface area contributed by atoms with Crippen molar-refractivity contribution in [3.63, 3.8) is 0 Å². The van der Waals surface area contributed by atoms with Crippen LogP contribution in [0.3, 0.4) is 0 Å². The van der Waals surface area contributed by atoms with Crippen molar-refractivity contribution >= 4 is 33.2 Å². The lowest BCUT2D eigenvalue weighted by Gasteiger charge is -2.16. The SMILES string of the molecule is CCc1cccc(CC)c1NC(=O)c1cc(S(=O)(=O)N(C)C)ccc1Cl. The molecule has 0 atom stereocenters. The van der Waals surface area contributed by atoms with Gasteiger partial charge < -0.3 is 5.32 Å². The minimum absolute atomic E-state index is 0.0246. The van der Waals surface area contributed by atoms with E-state index >= 15 is 0 Å². The summed E-state index contributed by atoms with van der Waals surface area (Å²) >= 11 is 6.17. The minimum Gasteiger partial charge on any atom is -0.321 e. The molecule has 0 saturated heterocycles. The first-order chi connectivity index (χ1) is 12.2. The largest absolute Gasteiger partial charge is 0.321 e. The number of benzene rings is 2. The minimum atomic E-state index is -3.65. The Morgan fingerprint density at radius 1 is 1.08 bits per heavy atom. The van der Waals surface area contributed by atoms with Crippen LogP contribution in [0.1, 0.15) is 35.3 Å². The van der Waals surface area contributed by atoms with E-state index in [4.69, 9.17) is 11.6 Å². The number of halogens is 1. The van der Waals surface area contributed by atoms with Crippen molar-refractivity contribution in [2.45, 2.75) is 31.6 Å². The maximum absolute atomic E-state index is 12.8. The molecular weight excluding hydrogens is 372 g/mol. The molecule has 0 fully saturated rings. The van der Waals surface area contributed by atoms with Crippen molar-refractivity contribution in [2.24, 2.45) is 0 Å². The Labute approximate surface area is 160 Å².